The quantitative estimate of drug-likeness (QED) is 0.365. The molecule has 4 saturated carbocycles. The van der Waals surface area contributed by atoms with Gasteiger partial charge in [-0.3, -0.25) is 9.78 Å². The molecule has 0 saturated heterocycles. The number of halogens is 2. The largest absolute Gasteiger partial charge is 0.486 e. The standard InChI is InChI=1S/C27H29Cl2N5O2/c1-26(2)10-17-21-20(31-25(32-21)33-22-18(28)11-30-12-19(22)29)6-16(23(17)36-26)24(35)34-27-7-13-3-14(8-27)5-15(4-13)9-27/h6,11-15H,3-5,7-10H2,1-2H3,(H,34,35)(H2,30,31,32,33). The highest BCUT2D eigenvalue weighted by molar-refractivity contribution is 6.39. The topological polar surface area (TPSA) is 91.9 Å². The summed E-state index contributed by atoms with van der Waals surface area (Å²) in [5.41, 5.74) is 3.12. The summed E-state index contributed by atoms with van der Waals surface area (Å²) < 4.78 is 6.36. The van der Waals surface area contributed by atoms with Crippen molar-refractivity contribution in [3.8, 4) is 5.75 Å². The van der Waals surface area contributed by atoms with Crippen molar-refractivity contribution in [1.29, 1.82) is 0 Å². The summed E-state index contributed by atoms with van der Waals surface area (Å²) in [5.74, 6) is 3.37. The maximum Gasteiger partial charge on any atom is 0.255 e. The lowest BCUT2D eigenvalue weighted by Crippen LogP contribution is -2.59. The van der Waals surface area contributed by atoms with Gasteiger partial charge < -0.3 is 20.4 Å². The SMILES string of the molecule is CC1(C)Cc2c(c(C(=O)NC34CC5CC(CC(C5)C3)C4)cc3[nH]c(Nc4c(Cl)cncc4Cl)nc23)O1. The smallest absolute Gasteiger partial charge is 0.255 e. The molecular formula is C27H29Cl2N5O2. The molecule has 2 aromatic heterocycles. The minimum atomic E-state index is -0.420. The van der Waals surface area contributed by atoms with Gasteiger partial charge in [0.05, 0.1) is 32.3 Å². The molecule has 9 heteroatoms. The summed E-state index contributed by atoms with van der Waals surface area (Å²) in [6.07, 6.45) is 11.0. The molecule has 1 aromatic carbocycles. The molecule has 3 aromatic rings. The minimum Gasteiger partial charge on any atom is -0.486 e. The lowest BCUT2D eigenvalue weighted by atomic mass is 9.53. The van der Waals surface area contributed by atoms with Crippen LogP contribution in [0.25, 0.3) is 11.0 Å². The number of H-pyrrole nitrogens is 1. The number of amides is 1. The van der Waals surface area contributed by atoms with Crippen LogP contribution in [0.4, 0.5) is 11.6 Å². The number of carbonyl (C=O) groups is 1. The van der Waals surface area contributed by atoms with Crippen LogP contribution in [0.1, 0.15) is 68.3 Å². The predicted octanol–water partition coefficient (Wildman–Crippen LogP) is 6.42. The molecule has 4 bridgehead atoms. The number of carbonyl (C=O) groups excluding carboxylic acids is 1. The van der Waals surface area contributed by atoms with E-state index in [-0.39, 0.29) is 11.4 Å². The molecule has 3 N–H and O–H groups in total. The Kier molecular flexibility index (Phi) is 4.88. The van der Waals surface area contributed by atoms with Crippen LogP contribution >= 0.6 is 23.2 Å². The van der Waals surface area contributed by atoms with Crippen LogP contribution in [0.2, 0.25) is 10.0 Å². The lowest BCUT2D eigenvalue weighted by Gasteiger charge is -2.56. The van der Waals surface area contributed by atoms with Gasteiger partial charge in [0.2, 0.25) is 5.95 Å². The second-order valence-electron chi connectivity index (χ2n) is 12.0. The van der Waals surface area contributed by atoms with E-state index in [0.29, 0.717) is 39.4 Å². The monoisotopic (exact) mass is 525 g/mol. The Morgan fingerprint density at radius 3 is 2.36 bits per heavy atom. The molecular weight excluding hydrogens is 497 g/mol. The van der Waals surface area contributed by atoms with Crippen molar-refractivity contribution >= 4 is 51.8 Å². The average Bonchev–Trinajstić information content (AvgIpc) is 3.33. The minimum absolute atomic E-state index is 0.0443. The Balaban J connectivity index is 1.26. The number of fused-ring (bicyclic) bond motifs is 3. The first-order valence-corrected chi connectivity index (χ1v) is 13.6. The van der Waals surface area contributed by atoms with E-state index in [0.717, 1.165) is 53.6 Å². The fourth-order valence-corrected chi connectivity index (χ4v) is 8.13. The van der Waals surface area contributed by atoms with Crippen molar-refractivity contribution in [1.82, 2.24) is 20.3 Å². The van der Waals surface area contributed by atoms with E-state index in [4.69, 9.17) is 32.9 Å². The van der Waals surface area contributed by atoms with E-state index < -0.39 is 5.60 Å². The first kappa shape index (κ1) is 22.7. The zero-order valence-corrected chi connectivity index (χ0v) is 21.9. The molecule has 0 atom stereocenters. The first-order chi connectivity index (χ1) is 17.2. The number of nitrogens with one attached hydrogen (secondary N) is 3. The van der Waals surface area contributed by atoms with Crippen molar-refractivity contribution in [2.75, 3.05) is 5.32 Å². The van der Waals surface area contributed by atoms with Gasteiger partial charge in [-0.2, -0.15) is 0 Å². The van der Waals surface area contributed by atoms with Gasteiger partial charge >= 0.3 is 0 Å². The maximum atomic E-state index is 13.8. The molecule has 4 fully saturated rings. The molecule has 5 aliphatic rings. The number of imidazole rings is 1. The van der Waals surface area contributed by atoms with Crippen LogP contribution < -0.4 is 15.4 Å². The Labute approximate surface area is 219 Å². The molecule has 1 aliphatic heterocycles. The number of hydrogen-bond donors (Lipinski definition) is 3. The summed E-state index contributed by atoms with van der Waals surface area (Å²) in [6.45, 7) is 4.09. The number of anilines is 2. The van der Waals surface area contributed by atoms with Gasteiger partial charge in [-0.05, 0) is 76.2 Å². The van der Waals surface area contributed by atoms with Crippen molar-refractivity contribution in [2.45, 2.75) is 69.9 Å². The number of ether oxygens (including phenoxy) is 1. The van der Waals surface area contributed by atoms with E-state index in [1.807, 2.05) is 19.9 Å². The molecule has 0 spiro atoms. The molecule has 1 amide bonds. The molecule has 3 heterocycles. The number of nitrogens with zero attached hydrogens (tertiary/aromatic N) is 2. The molecule has 188 valence electrons. The van der Waals surface area contributed by atoms with Crippen LogP contribution in [0.3, 0.4) is 0 Å². The van der Waals surface area contributed by atoms with Gasteiger partial charge in [0.25, 0.3) is 5.91 Å². The van der Waals surface area contributed by atoms with Gasteiger partial charge in [0, 0.05) is 29.9 Å². The molecule has 0 unspecified atom stereocenters. The highest BCUT2D eigenvalue weighted by Crippen LogP contribution is 2.56. The van der Waals surface area contributed by atoms with Gasteiger partial charge in [0.1, 0.15) is 11.4 Å². The number of aromatic amines is 1. The highest BCUT2D eigenvalue weighted by Gasteiger charge is 2.52. The van der Waals surface area contributed by atoms with E-state index in [1.54, 1.807) is 0 Å². The Morgan fingerprint density at radius 2 is 1.72 bits per heavy atom. The van der Waals surface area contributed by atoms with Gasteiger partial charge in [-0.15, -0.1) is 0 Å². The summed E-state index contributed by atoms with van der Waals surface area (Å²) >= 11 is 12.6. The summed E-state index contributed by atoms with van der Waals surface area (Å²) in [7, 11) is 0. The zero-order valence-electron chi connectivity index (χ0n) is 20.4. The Hall–Kier alpha value is -2.51. The average molecular weight is 526 g/mol. The van der Waals surface area contributed by atoms with E-state index in [9.17, 15) is 4.79 Å². The van der Waals surface area contributed by atoms with Gasteiger partial charge in [-0.1, -0.05) is 23.2 Å². The van der Waals surface area contributed by atoms with Crippen LogP contribution in [0.15, 0.2) is 18.5 Å². The number of hydrogen-bond acceptors (Lipinski definition) is 5. The van der Waals surface area contributed by atoms with Crippen LogP contribution in [0, 0.1) is 17.8 Å². The number of benzene rings is 1. The van der Waals surface area contributed by atoms with Crippen molar-refractivity contribution in [3.05, 3.63) is 39.6 Å². The van der Waals surface area contributed by atoms with Crippen LogP contribution in [-0.2, 0) is 6.42 Å². The third kappa shape index (κ3) is 3.66. The van der Waals surface area contributed by atoms with E-state index in [1.165, 1.54) is 31.7 Å². The van der Waals surface area contributed by atoms with Gasteiger partial charge in [-0.25, -0.2) is 4.98 Å². The third-order valence-corrected chi connectivity index (χ3v) is 9.14. The second-order valence-corrected chi connectivity index (χ2v) is 12.8. The summed E-state index contributed by atoms with van der Waals surface area (Å²) in [5, 5.41) is 7.49. The fraction of sp³-hybridized carbons (Fsp3) is 0.519. The van der Waals surface area contributed by atoms with Crippen LogP contribution in [0.5, 0.6) is 5.75 Å². The molecule has 36 heavy (non-hydrogen) atoms. The Morgan fingerprint density at radius 1 is 1.08 bits per heavy atom. The van der Waals surface area contributed by atoms with Crippen molar-refractivity contribution in [2.24, 2.45) is 17.8 Å². The van der Waals surface area contributed by atoms with Crippen molar-refractivity contribution in [3.63, 3.8) is 0 Å². The summed E-state index contributed by atoms with van der Waals surface area (Å²) in [6, 6.07) is 1.87. The zero-order chi connectivity index (χ0) is 24.8. The van der Waals surface area contributed by atoms with E-state index in [2.05, 4.69) is 20.6 Å². The molecule has 7 nitrogen and oxygen atoms in total. The molecule has 8 rings (SSSR count). The first-order valence-electron chi connectivity index (χ1n) is 12.8. The van der Waals surface area contributed by atoms with Crippen LogP contribution in [-0.4, -0.2) is 32.0 Å². The maximum absolute atomic E-state index is 13.8. The fourth-order valence-electron chi connectivity index (χ4n) is 7.67. The third-order valence-electron chi connectivity index (χ3n) is 8.56. The Bertz CT molecular complexity index is 1360. The molecule has 0 radical (unpaired) electrons. The number of rotatable bonds is 4. The summed E-state index contributed by atoms with van der Waals surface area (Å²) in [4.78, 5) is 26.0. The number of pyridine rings is 1. The lowest BCUT2D eigenvalue weighted by molar-refractivity contribution is -0.0167. The predicted molar refractivity (Wildman–Crippen MR) is 140 cm³/mol. The molecule has 4 aliphatic carbocycles. The highest BCUT2D eigenvalue weighted by atomic mass is 35.5. The number of aromatic nitrogens is 3. The van der Waals surface area contributed by atoms with E-state index >= 15 is 0 Å². The second kappa shape index (κ2) is 7.75. The van der Waals surface area contributed by atoms with Crippen molar-refractivity contribution < 1.29 is 9.53 Å². The van der Waals surface area contributed by atoms with Gasteiger partial charge in [0.15, 0.2) is 0 Å². The normalized spacial score (nSPS) is 29.3.